The number of methoxy groups -OCH3 is 1. The molecule has 0 spiro atoms. The Balaban J connectivity index is 2.17. The first-order valence-corrected chi connectivity index (χ1v) is 7.49. The Bertz CT molecular complexity index is 549. The molecule has 20 heavy (non-hydrogen) atoms. The molecule has 2 rings (SSSR count). The summed E-state index contributed by atoms with van der Waals surface area (Å²) in [6.45, 7) is 0.698. The molecule has 0 aliphatic rings. The molecule has 0 heterocycles. The third kappa shape index (κ3) is 4.06. The SMILES string of the molecule is COCCc1ccc(C(O)c2cc(Cl)cc(Br)c2)cc1. The van der Waals surface area contributed by atoms with E-state index in [4.69, 9.17) is 16.3 Å². The second kappa shape index (κ2) is 7.23. The maximum Gasteiger partial charge on any atom is 0.104 e. The van der Waals surface area contributed by atoms with Gasteiger partial charge in [0.25, 0.3) is 0 Å². The first kappa shape index (κ1) is 15.5. The van der Waals surface area contributed by atoms with Crippen LogP contribution in [0.3, 0.4) is 0 Å². The van der Waals surface area contributed by atoms with Crippen molar-refractivity contribution in [2.75, 3.05) is 13.7 Å². The van der Waals surface area contributed by atoms with Gasteiger partial charge >= 0.3 is 0 Å². The molecule has 0 bridgehead atoms. The van der Waals surface area contributed by atoms with Crippen molar-refractivity contribution < 1.29 is 9.84 Å². The Morgan fingerprint density at radius 3 is 2.45 bits per heavy atom. The van der Waals surface area contributed by atoms with Crippen molar-refractivity contribution in [1.82, 2.24) is 0 Å². The van der Waals surface area contributed by atoms with Crippen molar-refractivity contribution >= 4 is 27.5 Å². The number of aliphatic hydroxyl groups is 1. The van der Waals surface area contributed by atoms with Gasteiger partial charge in [0.15, 0.2) is 0 Å². The molecule has 1 unspecified atom stereocenters. The van der Waals surface area contributed by atoms with E-state index in [0.717, 1.165) is 22.0 Å². The summed E-state index contributed by atoms with van der Waals surface area (Å²) >= 11 is 9.39. The minimum atomic E-state index is -0.679. The minimum absolute atomic E-state index is 0.602. The van der Waals surface area contributed by atoms with E-state index in [1.807, 2.05) is 30.3 Å². The van der Waals surface area contributed by atoms with Crippen molar-refractivity contribution in [2.24, 2.45) is 0 Å². The summed E-state index contributed by atoms with van der Waals surface area (Å²) in [5.74, 6) is 0. The Morgan fingerprint density at radius 2 is 1.85 bits per heavy atom. The van der Waals surface area contributed by atoms with E-state index < -0.39 is 6.10 Å². The Hall–Kier alpha value is -0.870. The Morgan fingerprint density at radius 1 is 1.15 bits per heavy atom. The third-order valence-electron chi connectivity index (χ3n) is 3.09. The van der Waals surface area contributed by atoms with E-state index in [1.165, 1.54) is 5.56 Å². The van der Waals surface area contributed by atoms with Crippen LogP contribution < -0.4 is 0 Å². The van der Waals surface area contributed by atoms with Gasteiger partial charge in [-0.05, 0) is 41.3 Å². The molecule has 0 amide bonds. The van der Waals surface area contributed by atoms with Crippen LogP contribution in [-0.4, -0.2) is 18.8 Å². The highest BCUT2D eigenvalue weighted by molar-refractivity contribution is 9.10. The van der Waals surface area contributed by atoms with Crippen LogP contribution in [0.4, 0.5) is 0 Å². The number of benzene rings is 2. The molecule has 0 aliphatic carbocycles. The summed E-state index contributed by atoms with van der Waals surface area (Å²) in [5.41, 5.74) is 2.81. The van der Waals surface area contributed by atoms with Crippen molar-refractivity contribution in [3.05, 3.63) is 68.7 Å². The zero-order chi connectivity index (χ0) is 14.5. The van der Waals surface area contributed by atoms with Gasteiger partial charge in [0, 0.05) is 16.6 Å². The monoisotopic (exact) mass is 354 g/mol. The lowest BCUT2D eigenvalue weighted by Crippen LogP contribution is -2.01. The van der Waals surface area contributed by atoms with Gasteiger partial charge in [0.2, 0.25) is 0 Å². The molecule has 0 aliphatic heterocycles. The second-order valence-electron chi connectivity index (χ2n) is 4.59. The van der Waals surface area contributed by atoms with E-state index in [1.54, 1.807) is 19.2 Å². The van der Waals surface area contributed by atoms with E-state index in [2.05, 4.69) is 15.9 Å². The van der Waals surface area contributed by atoms with E-state index in [-0.39, 0.29) is 0 Å². The van der Waals surface area contributed by atoms with Gasteiger partial charge in [-0.2, -0.15) is 0 Å². The zero-order valence-electron chi connectivity index (χ0n) is 11.1. The smallest absolute Gasteiger partial charge is 0.104 e. The van der Waals surface area contributed by atoms with Crippen LogP contribution >= 0.6 is 27.5 Å². The standard InChI is InChI=1S/C16H16BrClO2/c1-20-7-6-11-2-4-12(5-3-11)16(19)13-8-14(17)10-15(18)9-13/h2-5,8-10,16,19H,6-7H2,1H3. The van der Waals surface area contributed by atoms with Crippen LogP contribution in [0.25, 0.3) is 0 Å². The van der Waals surface area contributed by atoms with Gasteiger partial charge in [-0.25, -0.2) is 0 Å². The molecular formula is C16H16BrClO2. The summed E-state index contributed by atoms with van der Waals surface area (Å²) in [6, 6.07) is 13.3. The summed E-state index contributed by atoms with van der Waals surface area (Å²) in [4.78, 5) is 0. The number of halogens is 2. The third-order valence-corrected chi connectivity index (χ3v) is 3.77. The quantitative estimate of drug-likeness (QED) is 0.863. The van der Waals surface area contributed by atoms with Crippen LogP contribution in [0.15, 0.2) is 46.9 Å². The molecule has 0 fully saturated rings. The van der Waals surface area contributed by atoms with E-state index in [0.29, 0.717) is 11.6 Å². The summed E-state index contributed by atoms with van der Waals surface area (Å²) in [5, 5.41) is 11.0. The highest BCUT2D eigenvalue weighted by atomic mass is 79.9. The summed E-state index contributed by atoms with van der Waals surface area (Å²) in [6.07, 6.45) is 0.191. The lowest BCUT2D eigenvalue weighted by atomic mass is 10.00. The van der Waals surface area contributed by atoms with E-state index >= 15 is 0 Å². The molecule has 1 N–H and O–H groups in total. The molecule has 4 heteroatoms. The average Bonchev–Trinajstić information content (AvgIpc) is 2.44. The minimum Gasteiger partial charge on any atom is -0.384 e. The topological polar surface area (TPSA) is 29.5 Å². The number of aliphatic hydroxyl groups excluding tert-OH is 1. The fourth-order valence-corrected chi connectivity index (χ4v) is 2.90. The second-order valence-corrected chi connectivity index (χ2v) is 5.94. The Kier molecular flexibility index (Phi) is 5.61. The fraction of sp³-hybridized carbons (Fsp3) is 0.250. The highest BCUT2D eigenvalue weighted by Crippen LogP contribution is 2.28. The maximum absolute atomic E-state index is 10.4. The van der Waals surface area contributed by atoms with Crippen molar-refractivity contribution in [3.63, 3.8) is 0 Å². The molecule has 0 radical (unpaired) electrons. The molecule has 106 valence electrons. The van der Waals surface area contributed by atoms with Gasteiger partial charge in [-0.15, -0.1) is 0 Å². The van der Waals surface area contributed by atoms with Crippen LogP contribution in [0.5, 0.6) is 0 Å². The van der Waals surface area contributed by atoms with Gasteiger partial charge in [0.05, 0.1) is 6.61 Å². The number of ether oxygens (including phenoxy) is 1. The molecule has 2 aromatic carbocycles. The summed E-state index contributed by atoms with van der Waals surface area (Å²) < 4.78 is 5.91. The van der Waals surface area contributed by atoms with Crippen LogP contribution in [-0.2, 0) is 11.2 Å². The van der Waals surface area contributed by atoms with Gasteiger partial charge < -0.3 is 9.84 Å². The lowest BCUT2D eigenvalue weighted by molar-refractivity contribution is 0.202. The summed E-state index contributed by atoms with van der Waals surface area (Å²) in [7, 11) is 1.69. The van der Waals surface area contributed by atoms with Crippen LogP contribution in [0.1, 0.15) is 22.8 Å². The molecule has 0 saturated heterocycles. The maximum atomic E-state index is 10.4. The number of rotatable bonds is 5. The van der Waals surface area contributed by atoms with Crippen molar-refractivity contribution in [3.8, 4) is 0 Å². The largest absolute Gasteiger partial charge is 0.384 e. The predicted octanol–water partition coefficient (Wildman–Crippen LogP) is 4.37. The lowest BCUT2D eigenvalue weighted by Gasteiger charge is -2.13. The first-order valence-electron chi connectivity index (χ1n) is 6.32. The molecule has 0 aromatic heterocycles. The fourth-order valence-electron chi connectivity index (χ4n) is 2.01. The normalized spacial score (nSPS) is 12.4. The number of hydrogen-bond acceptors (Lipinski definition) is 2. The highest BCUT2D eigenvalue weighted by Gasteiger charge is 2.11. The molecular weight excluding hydrogens is 340 g/mol. The van der Waals surface area contributed by atoms with Crippen LogP contribution in [0, 0.1) is 0 Å². The van der Waals surface area contributed by atoms with Gasteiger partial charge in [-0.1, -0.05) is 51.8 Å². The van der Waals surface area contributed by atoms with E-state index in [9.17, 15) is 5.11 Å². The van der Waals surface area contributed by atoms with Crippen molar-refractivity contribution in [1.29, 1.82) is 0 Å². The number of hydrogen-bond donors (Lipinski definition) is 1. The Labute approximate surface area is 132 Å². The molecule has 1 atom stereocenters. The molecule has 2 nitrogen and oxygen atoms in total. The average molecular weight is 356 g/mol. The van der Waals surface area contributed by atoms with Crippen molar-refractivity contribution in [2.45, 2.75) is 12.5 Å². The zero-order valence-corrected chi connectivity index (χ0v) is 13.5. The predicted molar refractivity (Wildman–Crippen MR) is 85.2 cm³/mol. The van der Waals surface area contributed by atoms with Gasteiger partial charge in [-0.3, -0.25) is 0 Å². The molecule has 2 aromatic rings. The molecule has 0 saturated carbocycles. The van der Waals surface area contributed by atoms with Gasteiger partial charge in [0.1, 0.15) is 6.10 Å². The van der Waals surface area contributed by atoms with Crippen LogP contribution in [0.2, 0.25) is 5.02 Å². The first-order chi connectivity index (χ1) is 9.60.